The van der Waals surface area contributed by atoms with Crippen LogP contribution in [-0.4, -0.2) is 24.7 Å². The Kier molecular flexibility index (Phi) is 6.97. The van der Waals surface area contributed by atoms with E-state index >= 15 is 0 Å². The lowest BCUT2D eigenvalue weighted by molar-refractivity contribution is -0.136. The van der Waals surface area contributed by atoms with Crippen LogP contribution in [-0.2, 0) is 14.6 Å². The predicted molar refractivity (Wildman–Crippen MR) is 83.8 cm³/mol. The summed E-state index contributed by atoms with van der Waals surface area (Å²) in [6.07, 6.45) is 3.36. The van der Waals surface area contributed by atoms with Crippen molar-refractivity contribution in [1.82, 2.24) is 0 Å². The van der Waals surface area contributed by atoms with Crippen molar-refractivity contribution in [2.24, 2.45) is 0 Å². The fourth-order valence-corrected chi connectivity index (χ4v) is 4.37. The smallest absolute Gasteiger partial charge is 0.322 e. The molecule has 1 atom stereocenters. The van der Waals surface area contributed by atoms with Crippen molar-refractivity contribution in [1.29, 1.82) is 0 Å². The second-order valence-electron chi connectivity index (χ2n) is 4.80. The summed E-state index contributed by atoms with van der Waals surface area (Å²) in [7, 11) is -4.06. The van der Waals surface area contributed by atoms with Gasteiger partial charge in [0, 0.05) is 5.02 Å². The zero-order valence-corrected chi connectivity index (χ0v) is 14.0. The summed E-state index contributed by atoms with van der Waals surface area (Å²) in [4.78, 5) is 11.1. The van der Waals surface area contributed by atoms with Crippen LogP contribution in [0.15, 0.2) is 23.1 Å². The Morgan fingerprint density at radius 1 is 1.24 bits per heavy atom. The fourth-order valence-electron chi connectivity index (χ4n) is 2.02. The standard InChI is InChI=1S/C14H18Cl2O4S/c1-2-3-4-5-6-12(14(17)18)21(19,20)13-9-10(15)7-8-11(13)16/h7-9,12H,2-6H2,1H3,(H,17,18). The van der Waals surface area contributed by atoms with E-state index in [9.17, 15) is 18.3 Å². The van der Waals surface area contributed by atoms with Gasteiger partial charge >= 0.3 is 5.97 Å². The molecule has 0 radical (unpaired) electrons. The number of rotatable bonds is 8. The normalized spacial score (nSPS) is 13.1. The van der Waals surface area contributed by atoms with E-state index in [1.807, 2.05) is 6.92 Å². The third-order valence-electron chi connectivity index (χ3n) is 3.17. The van der Waals surface area contributed by atoms with Crippen molar-refractivity contribution in [2.45, 2.75) is 49.2 Å². The Hall–Kier alpha value is -0.780. The Labute approximate surface area is 135 Å². The summed E-state index contributed by atoms with van der Waals surface area (Å²) in [5.74, 6) is -1.36. The average Bonchev–Trinajstić information content (AvgIpc) is 2.40. The lowest BCUT2D eigenvalue weighted by Crippen LogP contribution is -2.30. The van der Waals surface area contributed by atoms with Crippen molar-refractivity contribution in [2.75, 3.05) is 0 Å². The molecule has 0 fully saturated rings. The second kappa shape index (κ2) is 8.01. The minimum atomic E-state index is -4.06. The van der Waals surface area contributed by atoms with Gasteiger partial charge in [-0.1, -0.05) is 55.8 Å². The molecular formula is C14H18Cl2O4S. The van der Waals surface area contributed by atoms with Crippen LogP contribution in [0.2, 0.25) is 10.0 Å². The summed E-state index contributed by atoms with van der Waals surface area (Å²) in [5.41, 5.74) is 0. The summed E-state index contributed by atoms with van der Waals surface area (Å²) in [6, 6.07) is 4.01. The van der Waals surface area contributed by atoms with Crippen molar-refractivity contribution in [3.05, 3.63) is 28.2 Å². The second-order valence-corrected chi connectivity index (χ2v) is 7.74. The Bertz CT molecular complexity index is 599. The molecule has 118 valence electrons. The minimum absolute atomic E-state index is 0.0146. The van der Waals surface area contributed by atoms with Crippen LogP contribution in [0.3, 0.4) is 0 Å². The molecule has 1 aromatic carbocycles. The Morgan fingerprint density at radius 2 is 1.90 bits per heavy atom. The topological polar surface area (TPSA) is 71.4 Å². The summed E-state index contributed by atoms with van der Waals surface area (Å²) in [5, 5.41) is 7.92. The maximum Gasteiger partial charge on any atom is 0.322 e. The highest BCUT2D eigenvalue weighted by molar-refractivity contribution is 7.93. The molecule has 4 nitrogen and oxygen atoms in total. The SMILES string of the molecule is CCCCCCC(C(=O)O)S(=O)(=O)c1cc(Cl)ccc1Cl. The molecule has 1 aromatic rings. The molecule has 21 heavy (non-hydrogen) atoms. The van der Waals surface area contributed by atoms with E-state index < -0.39 is 21.1 Å². The van der Waals surface area contributed by atoms with Crippen LogP contribution < -0.4 is 0 Å². The molecule has 0 bridgehead atoms. The van der Waals surface area contributed by atoms with E-state index in [2.05, 4.69) is 0 Å². The number of halogens is 2. The number of hydrogen-bond acceptors (Lipinski definition) is 3. The number of carboxylic acids is 1. The first-order valence-electron chi connectivity index (χ1n) is 6.72. The summed E-state index contributed by atoms with van der Waals surface area (Å²) in [6.45, 7) is 2.02. The lowest BCUT2D eigenvalue weighted by atomic mass is 10.1. The molecule has 0 heterocycles. The van der Waals surface area contributed by atoms with Crippen molar-refractivity contribution >= 4 is 39.0 Å². The first kappa shape index (κ1) is 18.3. The molecule has 0 saturated carbocycles. The van der Waals surface area contributed by atoms with Gasteiger partial charge in [-0.25, -0.2) is 8.42 Å². The van der Waals surface area contributed by atoms with Gasteiger partial charge < -0.3 is 5.11 Å². The number of sulfone groups is 1. The molecular weight excluding hydrogens is 335 g/mol. The molecule has 0 aliphatic carbocycles. The third kappa shape index (κ3) is 4.87. The van der Waals surface area contributed by atoms with E-state index in [1.165, 1.54) is 18.2 Å². The van der Waals surface area contributed by atoms with Crippen molar-refractivity contribution < 1.29 is 18.3 Å². The van der Waals surface area contributed by atoms with Gasteiger partial charge in [0.05, 0.1) is 9.92 Å². The van der Waals surface area contributed by atoms with Crippen LogP contribution in [0.4, 0.5) is 0 Å². The van der Waals surface area contributed by atoms with Crippen LogP contribution in [0.5, 0.6) is 0 Å². The quantitative estimate of drug-likeness (QED) is 0.712. The van der Waals surface area contributed by atoms with Gasteiger partial charge in [-0.15, -0.1) is 0 Å². The van der Waals surface area contributed by atoms with Gasteiger partial charge in [0.25, 0.3) is 0 Å². The Morgan fingerprint density at radius 3 is 2.48 bits per heavy atom. The monoisotopic (exact) mass is 352 g/mol. The van der Waals surface area contributed by atoms with E-state index in [0.717, 1.165) is 19.3 Å². The van der Waals surface area contributed by atoms with Crippen molar-refractivity contribution in [3.8, 4) is 0 Å². The third-order valence-corrected chi connectivity index (χ3v) is 5.98. The van der Waals surface area contributed by atoms with E-state index in [0.29, 0.717) is 6.42 Å². The van der Waals surface area contributed by atoms with Gasteiger partial charge in [0.2, 0.25) is 0 Å². The first-order chi connectivity index (χ1) is 9.80. The van der Waals surface area contributed by atoms with Crippen molar-refractivity contribution in [3.63, 3.8) is 0 Å². The van der Waals surface area contributed by atoms with Crippen LogP contribution in [0.25, 0.3) is 0 Å². The maximum absolute atomic E-state index is 12.5. The predicted octanol–water partition coefficient (Wildman–Crippen LogP) is 4.19. The fraction of sp³-hybridized carbons (Fsp3) is 0.500. The number of carboxylic acid groups (broad SMARTS) is 1. The lowest BCUT2D eigenvalue weighted by Gasteiger charge is -2.14. The van der Waals surface area contributed by atoms with Gasteiger partial charge in [-0.2, -0.15) is 0 Å². The van der Waals surface area contributed by atoms with Crippen LogP contribution in [0.1, 0.15) is 39.0 Å². The van der Waals surface area contributed by atoms with Gasteiger partial charge in [-0.3, -0.25) is 4.79 Å². The molecule has 1 N–H and O–H groups in total. The summed E-state index contributed by atoms with van der Waals surface area (Å²) >= 11 is 11.7. The molecule has 1 unspecified atom stereocenters. The zero-order valence-electron chi connectivity index (χ0n) is 11.7. The molecule has 0 aliphatic heterocycles. The largest absolute Gasteiger partial charge is 0.480 e. The minimum Gasteiger partial charge on any atom is -0.480 e. The Balaban J connectivity index is 3.05. The van der Waals surface area contributed by atoms with Gasteiger partial charge in [-0.05, 0) is 24.6 Å². The highest BCUT2D eigenvalue weighted by Gasteiger charge is 2.35. The van der Waals surface area contributed by atoms with E-state index in [4.69, 9.17) is 23.2 Å². The molecule has 0 aliphatic rings. The number of hydrogen-bond donors (Lipinski definition) is 1. The van der Waals surface area contributed by atoms with Crippen LogP contribution >= 0.6 is 23.2 Å². The number of unbranched alkanes of at least 4 members (excludes halogenated alkanes) is 3. The molecule has 0 saturated heterocycles. The first-order valence-corrected chi connectivity index (χ1v) is 9.02. The number of carbonyl (C=O) groups is 1. The van der Waals surface area contributed by atoms with E-state index in [1.54, 1.807) is 0 Å². The molecule has 0 spiro atoms. The van der Waals surface area contributed by atoms with Gasteiger partial charge in [0.15, 0.2) is 15.1 Å². The van der Waals surface area contributed by atoms with E-state index in [-0.39, 0.29) is 21.4 Å². The highest BCUT2D eigenvalue weighted by atomic mass is 35.5. The van der Waals surface area contributed by atoms with Gasteiger partial charge in [0.1, 0.15) is 0 Å². The molecule has 0 aromatic heterocycles. The highest BCUT2D eigenvalue weighted by Crippen LogP contribution is 2.29. The number of aliphatic carboxylic acids is 1. The number of benzene rings is 1. The van der Waals surface area contributed by atoms with Crippen LogP contribution in [0, 0.1) is 0 Å². The molecule has 0 amide bonds. The molecule has 7 heteroatoms. The summed E-state index contributed by atoms with van der Waals surface area (Å²) < 4.78 is 25.0. The zero-order chi connectivity index (χ0) is 16.0. The molecule has 1 rings (SSSR count). The average molecular weight is 353 g/mol. The maximum atomic E-state index is 12.5.